The average molecular weight is 562 g/mol. The summed E-state index contributed by atoms with van der Waals surface area (Å²) in [5.41, 5.74) is 1.08. The molecule has 4 nitrogen and oxygen atoms in total. The fourth-order valence-electron chi connectivity index (χ4n) is 3.13. The Balaban J connectivity index is 1.73. The van der Waals surface area contributed by atoms with Gasteiger partial charge in [0.1, 0.15) is 11.5 Å². The van der Waals surface area contributed by atoms with E-state index in [0.29, 0.717) is 11.1 Å². The molecule has 0 saturated heterocycles. The van der Waals surface area contributed by atoms with Crippen molar-refractivity contribution in [3.8, 4) is 34.1 Å². The lowest BCUT2D eigenvalue weighted by Crippen LogP contribution is -2.38. The number of aromatic hydroxyl groups is 1. The largest absolute Gasteiger partial charge is 0.864 e. The Labute approximate surface area is 211 Å². The van der Waals surface area contributed by atoms with E-state index in [4.69, 9.17) is 4.65 Å². The molecule has 0 heterocycles. The van der Waals surface area contributed by atoms with Crippen LogP contribution in [-0.4, -0.2) is 12.4 Å². The van der Waals surface area contributed by atoms with E-state index >= 15 is 0 Å². The Kier molecular flexibility index (Phi) is 7.52. The van der Waals surface area contributed by atoms with Gasteiger partial charge in [-0.3, -0.25) is 0 Å². The molecular formula is C24H9BF10O4. The van der Waals surface area contributed by atoms with E-state index in [1.165, 1.54) is 36.4 Å². The standard InChI is InChI=1S/C24H9BF10O4/c26-13-15(28)19(32)23(20(33)16(13)29)38-25(39-24-21(34)17(30)14(27)18(31)22(24)35)37-12-7-3-10(4-8-12)9-1-5-11(36)6-2-9/h1-8,36H. The summed E-state index contributed by atoms with van der Waals surface area (Å²) in [7, 11) is -2.87. The predicted molar refractivity (Wildman–Crippen MR) is 114 cm³/mol. The molecule has 15 heteroatoms. The van der Waals surface area contributed by atoms with E-state index in [1.807, 2.05) is 0 Å². The molecular weight excluding hydrogens is 553 g/mol. The summed E-state index contributed by atoms with van der Waals surface area (Å²) in [5, 5.41) is 9.38. The van der Waals surface area contributed by atoms with Gasteiger partial charge >= 0.3 is 7.32 Å². The summed E-state index contributed by atoms with van der Waals surface area (Å²) in [6.07, 6.45) is 0. The van der Waals surface area contributed by atoms with Crippen LogP contribution in [0.5, 0.6) is 23.0 Å². The van der Waals surface area contributed by atoms with E-state index in [2.05, 4.69) is 9.31 Å². The van der Waals surface area contributed by atoms with Crippen molar-refractivity contribution in [2.75, 3.05) is 0 Å². The summed E-state index contributed by atoms with van der Waals surface area (Å²) >= 11 is 0. The zero-order valence-electron chi connectivity index (χ0n) is 18.6. The first-order valence-electron chi connectivity index (χ1n) is 10.3. The average Bonchev–Trinajstić information content (AvgIpc) is 2.94. The van der Waals surface area contributed by atoms with Gasteiger partial charge in [0, 0.05) is 0 Å². The minimum absolute atomic E-state index is 0.0305. The number of hydrogen-bond acceptors (Lipinski definition) is 4. The molecule has 202 valence electrons. The van der Waals surface area contributed by atoms with Crippen molar-refractivity contribution >= 4 is 7.32 Å². The Morgan fingerprint density at radius 2 is 0.718 bits per heavy atom. The molecule has 4 rings (SSSR count). The Bertz CT molecular complexity index is 1420. The molecule has 39 heavy (non-hydrogen) atoms. The normalized spacial score (nSPS) is 10.9. The molecule has 0 amide bonds. The van der Waals surface area contributed by atoms with Crippen LogP contribution in [0.2, 0.25) is 0 Å². The van der Waals surface area contributed by atoms with Crippen molar-refractivity contribution in [1.82, 2.24) is 0 Å². The molecule has 0 aliphatic carbocycles. The van der Waals surface area contributed by atoms with Crippen LogP contribution in [0.25, 0.3) is 11.1 Å². The summed E-state index contributed by atoms with van der Waals surface area (Å²) < 4.78 is 152. The van der Waals surface area contributed by atoms with E-state index < -0.39 is 77.0 Å². The lowest BCUT2D eigenvalue weighted by atomic mass is 10.1. The molecule has 0 saturated carbocycles. The van der Waals surface area contributed by atoms with Gasteiger partial charge in [-0.1, -0.05) is 24.3 Å². The first-order valence-corrected chi connectivity index (χ1v) is 10.3. The van der Waals surface area contributed by atoms with Crippen molar-refractivity contribution in [3.05, 3.63) is 107 Å². The second kappa shape index (κ2) is 10.7. The molecule has 0 unspecified atom stereocenters. The maximum atomic E-state index is 14.2. The highest BCUT2D eigenvalue weighted by Gasteiger charge is 2.39. The van der Waals surface area contributed by atoms with E-state index in [1.54, 1.807) is 0 Å². The highest BCUT2D eigenvalue weighted by atomic mass is 19.2. The number of phenolic OH excluding ortho intramolecular Hbond substituents is 1. The van der Waals surface area contributed by atoms with Crippen molar-refractivity contribution < 1.29 is 63.0 Å². The predicted octanol–water partition coefficient (Wildman–Crippen LogP) is 6.97. The van der Waals surface area contributed by atoms with Crippen molar-refractivity contribution in [3.63, 3.8) is 0 Å². The molecule has 0 aliphatic rings. The molecule has 0 fully saturated rings. The quantitative estimate of drug-likeness (QED) is 0.114. The molecule has 0 spiro atoms. The third kappa shape index (κ3) is 5.24. The number of phenols is 1. The number of rotatable bonds is 7. The molecule has 0 aliphatic heterocycles. The second-order valence-electron chi connectivity index (χ2n) is 7.51. The van der Waals surface area contributed by atoms with Crippen LogP contribution in [0.4, 0.5) is 43.9 Å². The number of hydrogen-bond donors (Lipinski definition) is 1. The number of benzene rings is 4. The van der Waals surface area contributed by atoms with Crippen LogP contribution in [0.15, 0.2) is 48.5 Å². The van der Waals surface area contributed by atoms with Crippen LogP contribution in [-0.2, 0) is 0 Å². The lowest BCUT2D eigenvalue weighted by molar-refractivity contribution is 0.260. The van der Waals surface area contributed by atoms with Gasteiger partial charge in [-0.15, -0.1) is 0 Å². The molecule has 0 bridgehead atoms. The van der Waals surface area contributed by atoms with Gasteiger partial charge in [-0.2, -0.15) is 17.6 Å². The van der Waals surface area contributed by atoms with Gasteiger partial charge in [-0.05, 0) is 35.4 Å². The maximum absolute atomic E-state index is 14.2. The van der Waals surface area contributed by atoms with Crippen LogP contribution < -0.4 is 14.0 Å². The van der Waals surface area contributed by atoms with Gasteiger partial charge in [0.05, 0.1) is 0 Å². The van der Waals surface area contributed by atoms with Gasteiger partial charge in [0.25, 0.3) is 0 Å². The second-order valence-corrected chi connectivity index (χ2v) is 7.51. The Morgan fingerprint density at radius 1 is 0.410 bits per heavy atom. The van der Waals surface area contributed by atoms with E-state index in [0.717, 1.165) is 12.1 Å². The monoisotopic (exact) mass is 562 g/mol. The first-order chi connectivity index (χ1) is 18.4. The third-order valence-corrected chi connectivity index (χ3v) is 5.05. The topological polar surface area (TPSA) is 47.9 Å². The van der Waals surface area contributed by atoms with Crippen molar-refractivity contribution in [2.45, 2.75) is 0 Å². The van der Waals surface area contributed by atoms with Crippen LogP contribution >= 0.6 is 0 Å². The molecule has 4 aromatic rings. The van der Waals surface area contributed by atoms with E-state index in [9.17, 15) is 49.0 Å². The lowest BCUT2D eigenvalue weighted by Gasteiger charge is -2.19. The highest BCUT2D eigenvalue weighted by molar-refractivity contribution is 6.39. The molecule has 0 aromatic heterocycles. The summed E-state index contributed by atoms with van der Waals surface area (Å²) in [6, 6.07) is 10.7. The SMILES string of the molecule is Oc1ccc(-c2ccc(OB(Oc3c(F)c(F)c(F)c(F)c3F)Oc3c(F)c(F)c(F)c(F)c3F)cc2)cc1. The minimum Gasteiger partial charge on any atom is -0.508 e. The summed E-state index contributed by atoms with van der Waals surface area (Å²) in [6.45, 7) is 0. The number of halogens is 10. The minimum atomic E-state index is -2.87. The highest BCUT2D eigenvalue weighted by Crippen LogP contribution is 2.33. The zero-order valence-corrected chi connectivity index (χ0v) is 18.6. The zero-order chi connectivity index (χ0) is 28.6. The van der Waals surface area contributed by atoms with Crippen molar-refractivity contribution in [1.29, 1.82) is 0 Å². The maximum Gasteiger partial charge on any atom is 0.864 e. The van der Waals surface area contributed by atoms with Gasteiger partial charge in [0.15, 0.2) is 11.5 Å². The fourth-order valence-corrected chi connectivity index (χ4v) is 3.13. The Morgan fingerprint density at radius 3 is 1.08 bits per heavy atom. The van der Waals surface area contributed by atoms with Gasteiger partial charge in [-0.25, -0.2) is 26.3 Å². The van der Waals surface area contributed by atoms with Crippen LogP contribution in [0.1, 0.15) is 0 Å². The summed E-state index contributed by atoms with van der Waals surface area (Å²) in [4.78, 5) is 0. The molecule has 0 atom stereocenters. The van der Waals surface area contributed by atoms with E-state index in [-0.39, 0.29) is 11.5 Å². The third-order valence-electron chi connectivity index (χ3n) is 5.05. The smallest absolute Gasteiger partial charge is 0.508 e. The van der Waals surface area contributed by atoms with Gasteiger partial charge < -0.3 is 19.1 Å². The molecule has 1 N–H and O–H groups in total. The van der Waals surface area contributed by atoms with Gasteiger partial charge in [0.2, 0.25) is 58.2 Å². The van der Waals surface area contributed by atoms with Crippen LogP contribution in [0, 0.1) is 58.2 Å². The molecule has 0 radical (unpaired) electrons. The summed E-state index contributed by atoms with van der Waals surface area (Å²) in [5.74, 6) is -29.7. The van der Waals surface area contributed by atoms with Crippen LogP contribution in [0.3, 0.4) is 0 Å². The van der Waals surface area contributed by atoms with Crippen molar-refractivity contribution in [2.24, 2.45) is 0 Å². The fraction of sp³-hybridized carbons (Fsp3) is 0. The first kappa shape index (κ1) is 27.5. The Hall–Kier alpha value is -4.56. The molecule has 4 aromatic carbocycles.